The number of fused-ring (bicyclic) bond motifs is 1. The molecule has 0 radical (unpaired) electrons. The Morgan fingerprint density at radius 3 is 2.80 bits per heavy atom. The lowest BCUT2D eigenvalue weighted by Gasteiger charge is -2.09. The smallest absolute Gasteiger partial charge is 0.261 e. The molecular formula is C11H13N2OP. The molecule has 0 aliphatic heterocycles. The zero-order chi connectivity index (χ0) is 10.8. The first-order valence-electron chi connectivity index (χ1n) is 4.95. The zero-order valence-electron chi connectivity index (χ0n) is 8.82. The number of aromatic nitrogens is 2. The molecule has 78 valence electrons. The summed E-state index contributed by atoms with van der Waals surface area (Å²) in [7, 11) is 0.547. The molecule has 15 heavy (non-hydrogen) atoms. The van der Waals surface area contributed by atoms with Crippen LogP contribution in [0.15, 0.2) is 29.1 Å². The molecule has 3 nitrogen and oxygen atoms in total. The molecule has 0 aliphatic carbocycles. The van der Waals surface area contributed by atoms with Gasteiger partial charge in [0.25, 0.3) is 5.56 Å². The third kappa shape index (κ3) is 1.68. The Hall–Kier alpha value is -1.21. The summed E-state index contributed by atoms with van der Waals surface area (Å²) in [4.78, 5) is 16.6. The minimum Gasteiger partial charge on any atom is -0.293 e. The van der Waals surface area contributed by atoms with Crippen LogP contribution in [0.3, 0.4) is 0 Å². The van der Waals surface area contributed by atoms with E-state index < -0.39 is 0 Å². The fourth-order valence-electron chi connectivity index (χ4n) is 1.65. The van der Waals surface area contributed by atoms with Crippen LogP contribution in [0.25, 0.3) is 10.9 Å². The van der Waals surface area contributed by atoms with E-state index in [0.29, 0.717) is 20.5 Å². The second kappa shape index (κ2) is 4.11. The third-order valence-corrected chi connectivity index (χ3v) is 3.23. The molecule has 1 unspecified atom stereocenters. The number of benzene rings is 1. The van der Waals surface area contributed by atoms with Gasteiger partial charge >= 0.3 is 0 Å². The van der Waals surface area contributed by atoms with Gasteiger partial charge in [-0.1, -0.05) is 20.7 Å². The molecule has 1 aromatic heterocycles. The van der Waals surface area contributed by atoms with Crippen molar-refractivity contribution in [1.82, 2.24) is 9.55 Å². The topological polar surface area (TPSA) is 34.9 Å². The number of hydrogen-bond donors (Lipinski definition) is 0. The fraction of sp³-hybridized carbons (Fsp3) is 0.273. The minimum atomic E-state index is 0.0763. The van der Waals surface area contributed by atoms with E-state index in [4.69, 9.17) is 0 Å². The van der Waals surface area contributed by atoms with E-state index in [-0.39, 0.29) is 5.56 Å². The van der Waals surface area contributed by atoms with Gasteiger partial charge in [0.1, 0.15) is 5.57 Å². The number of para-hydroxylation sites is 1. The lowest BCUT2D eigenvalue weighted by Crippen LogP contribution is -2.31. The van der Waals surface area contributed by atoms with Gasteiger partial charge in [-0.25, -0.2) is 4.98 Å². The molecule has 0 spiro atoms. The van der Waals surface area contributed by atoms with Crippen LogP contribution in [-0.2, 0) is 6.54 Å². The van der Waals surface area contributed by atoms with Gasteiger partial charge in [-0.2, -0.15) is 0 Å². The van der Waals surface area contributed by atoms with Crippen molar-refractivity contribution in [2.45, 2.75) is 13.5 Å². The molecule has 2 rings (SSSR count). The SMILES string of the molecule is CCn1c(PC)nc2ccccc2c1=O. The van der Waals surface area contributed by atoms with Gasteiger partial charge in [0.15, 0.2) is 0 Å². The molecule has 0 saturated heterocycles. The van der Waals surface area contributed by atoms with Crippen molar-refractivity contribution < 1.29 is 0 Å². The quantitative estimate of drug-likeness (QED) is 0.716. The van der Waals surface area contributed by atoms with Gasteiger partial charge in [0.05, 0.1) is 10.9 Å². The first kappa shape index (κ1) is 10.3. The maximum atomic E-state index is 12.1. The van der Waals surface area contributed by atoms with Crippen molar-refractivity contribution in [3.05, 3.63) is 34.6 Å². The van der Waals surface area contributed by atoms with Crippen LogP contribution in [0.2, 0.25) is 0 Å². The predicted octanol–water partition coefficient (Wildman–Crippen LogP) is 1.35. The molecular weight excluding hydrogens is 207 g/mol. The van der Waals surface area contributed by atoms with Crippen molar-refractivity contribution in [3.8, 4) is 0 Å². The summed E-state index contributed by atoms with van der Waals surface area (Å²) >= 11 is 0. The summed E-state index contributed by atoms with van der Waals surface area (Å²) < 4.78 is 1.75. The van der Waals surface area contributed by atoms with Crippen LogP contribution in [0.5, 0.6) is 0 Å². The molecule has 0 bridgehead atoms. The third-order valence-electron chi connectivity index (χ3n) is 2.40. The van der Waals surface area contributed by atoms with Gasteiger partial charge < -0.3 is 0 Å². The monoisotopic (exact) mass is 220 g/mol. The molecule has 4 heteroatoms. The first-order chi connectivity index (χ1) is 7.27. The van der Waals surface area contributed by atoms with Gasteiger partial charge in [0, 0.05) is 6.54 Å². The lowest BCUT2D eigenvalue weighted by molar-refractivity contribution is 0.745. The predicted molar refractivity (Wildman–Crippen MR) is 65.6 cm³/mol. The van der Waals surface area contributed by atoms with E-state index in [1.165, 1.54) is 0 Å². The molecule has 1 heterocycles. The highest BCUT2D eigenvalue weighted by Gasteiger charge is 2.06. The number of nitrogens with zero attached hydrogens (tertiary/aromatic N) is 2. The summed E-state index contributed by atoms with van der Waals surface area (Å²) in [6, 6.07) is 7.51. The first-order valence-corrected chi connectivity index (χ1v) is 6.45. The Morgan fingerprint density at radius 1 is 1.40 bits per heavy atom. The highest BCUT2D eigenvalue weighted by molar-refractivity contribution is 7.45. The summed E-state index contributed by atoms with van der Waals surface area (Å²) in [5, 5.41) is 0.710. The van der Waals surface area contributed by atoms with Gasteiger partial charge in [0.2, 0.25) is 0 Å². The lowest BCUT2D eigenvalue weighted by atomic mass is 10.2. The van der Waals surface area contributed by atoms with Crippen LogP contribution < -0.4 is 11.1 Å². The van der Waals surface area contributed by atoms with E-state index >= 15 is 0 Å². The Bertz CT molecular complexity index is 548. The van der Waals surface area contributed by atoms with Crippen molar-refractivity contribution in [1.29, 1.82) is 0 Å². The normalized spacial score (nSPS) is 11.6. The van der Waals surface area contributed by atoms with Crippen LogP contribution in [0, 0.1) is 0 Å². The summed E-state index contributed by atoms with van der Waals surface area (Å²) in [5.74, 6) is 0. The molecule has 2 aromatic rings. The molecule has 0 saturated carbocycles. The molecule has 0 fully saturated rings. The summed E-state index contributed by atoms with van der Waals surface area (Å²) in [6.07, 6.45) is 0. The molecule has 1 atom stereocenters. The van der Waals surface area contributed by atoms with Crippen molar-refractivity contribution in [2.24, 2.45) is 0 Å². The molecule has 0 amide bonds. The van der Waals surface area contributed by atoms with E-state index in [1.807, 2.05) is 37.9 Å². The maximum absolute atomic E-state index is 12.1. The van der Waals surface area contributed by atoms with Crippen LogP contribution in [-0.4, -0.2) is 16.2 Å². The Balaban J connectivity index is 2.88. The second-order valence-corrected chi connectivity index (χ2v) is 4.20. The number of rotatable bonds is 2. The maximum Gasteiger partial charge on any atom is 0.261 e. The minimum absolute atomic E-state index is 0.0763. The molecule has 0 aliphatic rings. The van der Waals surface area contributed by atoms with E-state index in [2.05, 4.69) is 4.98 Å². The average Bonchev–Trinajstić information content (AvgIpc) is 2.29. The van der Waals surface area contributed by atoms with E-state index in [9.17, 15) is 4.79 Å². The summed E-state index contributed by atoms with van der Waals surface area (Å²) in [5.41, 5.74) is 1.77. The van der Waals surface area contributed by atoms with Crippen LogP contribution in [0.1, 0.15) is 6.92 Å². The van der Waals surface area contributed by atoms with E-state index in [1.54, 1.807) is 4.57 Å². The molecule has 1 aromatic carbocycles. The highest BCUT2D eigenvalue weighted by Crippen LogP contribution is 2.07. The largest absolute Gasteiger partial charge is 0.293 e. The van der Waals surface area contributed by atoms with Crippen molar-refractivity contribution in [3.63, 3.8) is 0 Å². The standard InChI is InChI=1S/C11H13N2OP/c1-3-13-10(14)8-6-4-5-7-9(8)12-11(13)15-2/h4-7,15H,3H2,1-2H3. The Kier molecular flexibility index (Phi) is 2.83. The summed E-state index contributed by atoms with van der Waals surface area (Å²) in [6.45, 7) is 4.71. The van der Waals surface area contributed by atoms with Crippen molar-refractivity contribution in [2.75, 3.05) is 6.66 Å². The van der Waals surface area contributed by atoms with E-state index in [0.717, 1.165) is 11.1 Å². The molecule has 0 N–H and O–H groups in total. The van der Waals surface area contributed by atoms with Crippen molar-refractivity contribution >= 4 is 25.0 Å². The van der Waals surface area contributed by atoms with Crippen LogP contribution in [0.4, 0.5) is 0 Å². The highest BCUT2D eigenvalue weighted by atomic mass is 31.1. The van der Waals surface area contributed by atoms with Crippen LogP contribution >= 0.6 is 8.58 Å². The Morgan fingerprint density at radius 2 is 2.13 bits per heavy atom. The van der Waals surface area contributed by atoms with Gasteiger partial charge in [-0.15, -0.1) is 0 Å². The average molecular weight is 220 g/mol. The van der Waals surface area contributed by atoms with Gasteiger partial charge in [-0.05, 0) is 25.7 Å². The number of hydrogen-bond acceptors (Lipinski definition) is 2. The zero-order valence-corrected chi connectivity index (χ0v) is 9.82. The Labute approximate surface area is 89.9 Å². The van der Waals surface area contributed by atoms with Gasteiger partial charge in [-0.3, -0.25) is 9.36 Å². The second-order valence-electron chi connectivity index (χ2n) is 3.25. The fourth-order valence-corrected chi connectivity index (χ4v) is 2.41.